The van der Waals surface area contributed by atoms with Gasteiger partial charge in [-0.05, 0) is 38.1 Å². The minimum absolute atomic E-state index is 0.406. The average Bonchev–Trinajstić information content (AvgIpc) is 2.59. The lowest BCUT2D eigenvalue weighted by atomic mass is 10.1. The highest BCUT2D eigenvalue weighted by molar-refractivity contribution is 5.83. The van der Waals surface area contributed by atoms with Crippen LogP contribution in [0.4, 0.5) is 0 Å². The first kappa shape index (κ1) is 9.28. The molecule has 0 saturated carbocycles. The molecule has 0 spiro atoms. The van der Waals surface area contributed by atoms with E-state index in [1.807, 2.05) is 7.05 Å². The van der Waals surface area contributed by atoms with Crippen molar-refractivity contribution in [1.29, 1.82) is 0 Å². The van der Waals surface area contributed by atoms with E-state index in [0.717, 1.165) is 0 Å². The molecule has 0 aliphatic heterocycles. The van der Waals surface area contributed by atoms with Gasteiger partial charge in [-0.25, -0.2) is 0 Å². The number of nitrogens with one attached hydrogen (secondary N) is 2. The zero-order valence-electron chi connectivity index (χ0n) is 8.89. The fourth-order valence-electron chi connectivity index (χ4n) is 1.72. The summed E-state index contributed by atoms with van der Waals surface area (Å²) < 4.78 is 0. The van der Waals surface area contributed by atoms with Gasteiger partial charge in [-0.1, -0.05) is 12.1 Å². The number of H-pyrrole nitrogens is 1. The molecule has 2 nitrogen and oxygen atoms in total. The number of fused-ring (bicyclic) bond motifs is 1. The van der Waals surface area contributed by atoms with E-state index in [9.17, 15) is 0 Å². The monoisotopic (exact) mass is 188 g/mol. The van der Waals surface area contributed by atoms with Crippen LogP contribution >= 0.6 is 0 Å². The number of rotatable bonds is 2. The Kier molecular flexibility index (Phi) is 2.30. The Morgan fingerprint density at radius 1 is 1.36 bits per heavy atom. The molecule has 74 valence electrons. The van der Waals surface area contributed by atoms with Crippen molar-refractivity contribution < 1.29 is 0 Å². The maximum Gasteiger partial charge on any atom is 0.0460 e. The zero-order chi connectivity index (χ0) is 10.1. The van der Waals surface area contributed by atoms with Gasteiger partial charge in [0.25, 0.3) is 0 Å². The van der Waals surface area contributed by atoms with Gasteiger partial charge in [0.05, 0.1) is 0 Å². The number of aromatic amines is 1. The van der Waals surface area contributed by atoms with Gasteiger partial charge in [0.15, 0.2) is 0 Å². The Morgan fingerprint density at radius 3 is 2.86 bits per heavy atom. The second-order valence-electron chi connectivity index (χ2n) is 3.79. The molecule has 0 aliphatic carbocycles. The molecule has 0 saturated heterocycles. The Hall–Kier alpha value is -1.28. The van der Waals surface area contributed by atoms with Gasteiger partial charge in [0.2, 0.25) is 0 Å². The highest BCUT2D eigenvalue weighted by Gasteiger charge is 2.04. The maximum atomic E-state index is 3.28. The minimum Gasteiger partial charge on any atom is -0.361 e. The largest absolute Gasteiger partial charge is 0.361 e. The van der Waals surface area contributed by atoms with Crippen LogP contribution in [0.3, 0.4) is 0 Å². The molecule has 1 atom stereocenters. The first-order valence-corrected chi connectivity index (χ1v) is 4.97. The van der Waals surface area contributed by atoms with Crippen LogP contribution in [-0.4, -0.2) is 12.0 Å². The van der Waals surface area contributed by atoms with E-state index in [-0.39, 0.29) is 0 Å². The van der Waals surface area contributed by atoms with Gasteiger partial charge in [-0.2, -0.15) is 0 Å². The van der Waals surface area contributed by atoms with Crippen LogP contribution < -0.4 is 5.32 Å². The second kappa shape index (κ2) is 3.46. The molecular weight excluding hydrogens is 172 g/mol. The Bertz CT molecular complexity index is 443. The molecule has 0 aliphatic rings. The van der Waals surface area contributed by atoms with Crippen molar-refractivity contribution in [2.75, 3.05) is 7.05 Å². The lowest BCUT2D eigenvalue weighted by Gasteiger charge is -2.10. The molecule has 2 N–H and O–H groups in total. The van der Waals surface area contributed by atoms with Crippen LogP contribution in [0, 0.1) is 6.92 Å². The maximum absolute atomic E-state index is 3.28. The molecule has 0 amide bonds. The molecule has 2 aromatic rings. The quantitative estimate of drug-likeness (QED) is 0.745. The zero-order valence-corrected chi connectivity index (χ0v) is 8.89. The Balaban J connectivity index is 2.52. The van der Waals surface area contributed by atoms with E-state index in [0.29, 0.717) is 6.04 Å². The van der Waals surface area contributed by atoms with Crippen LogP contribution in [0.1, 0.15) is 24.1 Å². The van der Waals surface area contributed by atoms with Crippen LogP contribution in [0.5, 0.6) is 0 Å². The van der Waals surface area contributed by atoms with Crippen LogP contribution in [0.25, 0.3) is 10.9 Å². The fourth-order valence-corrected chi connectivity index (χ4v) is 1.72. The summed E-state index contributed by atoms with van der Waals surface area (Å²) in [6.07, 6.45) is 2.05. The van der Waals surface area contributed by atoms with E-state index in [1.54, 1.807) is 0 Å². The summed E-state index contributed by atoms with van der Waals surface area (Å²) in [6, 6.07) is 6.99. The highest BCUT2D eigenvalue weighted by atomic mass is 14.9. The van der Waals surface area contributed by atoms with Crippen molar-refractivity contribution >= 4 is 10.9 Å². The highest BCUT2D eigenvalue weighted by Crippen LogP contribution is 2.21. The second-order valence-corrected chi connectivity index (χ2v) is 3.79. The SMILES string of the molecule is CNC(C)c1ccc2c(C)c[nH]c2c1. The summed E-state index contributed by atoms with van der Waals surface area (Å²) in [5.41, 5.74) is 3.85. The van der Waals surface area contributed by atoms with Crippen molar-refractivity contribution in [3.05, 3.63) is 35.5 Å². The summed E-state index contributed by atoms with van der Waals surface area (Å²) in [5, 5.41) is 4.56. The standard InChI is InChI=1S/C12H16N2/c1-8-7-14-12-6-10(9(2)13-3)4-5-11(8)12/h4-7,9,13-14H,1-3H3. The van der Waals surface area contributed by atoms with Gasteiger partial charge in [0.1, 0.15) is 0 Å². The molecule has 14 heavy (non-hydrogen) atoms. The van der Waals surface area contributed by atoms with Crippen LogP contribution in [0.2, 0.25) is 0 Å². The normalized spacial score (nSPS) is 13.4. The van der Waals surface area contributed by atoms with E-state index in [2.05, 4.69) is 48.5 Å². The number of hydrogen-bond donors (Lipinski definition) is 2. The fraction of sp³-hybridized carbons (Fsp3) is 0.333. The molecular formula is C12H16N2. The first-order valence-electron chi connectivity index (χ1n) is 4.97. The van der Waals surface area contributed by atoms with Gasteiger partial charge in [0, 0.05) is 23.1 Å². The summed E-state index contributed by atoms with van der Waals surface area (Å²) in [7, 11) is 1.98. The predicted molar refractivity (Wildman–Crippen MR) is 60.5 cm³/mol. The number of hydrogen-bond acceptors (Lipinski definition) is 1. The third kappa shape index (κ3) is 1.42. The molecule has 0 fully saturated rings. The third-order valence-corrected chi connectivity index (χ3v) is 2.85. The van der Waals surface area contributed by atoms with Crippen molar-refractivity contribution in [2.24, 2.45) is 0 Å². The summed E-state index contributed by atoms with van der Waals surface area (Å²) in [4.78, 5) is 3.28. The summed E-state index contributed by atoms with van der Waals surface area (Å²) >= 11 is 0. The summed E-state index contributed by atoms with van der Waals surface area (Å²) in [6.45, 7) is 4.29. The van der Waals surface area contributed by atoms with Crippen LogP contribution in [-0.2, 0) is 0 Å². The lowest BCUT2D eigenvalue weighted by molar-refractivity contribution is 0.653. The van der Waals surface area contributed by atoms with E-state index in [1.165, 1.54) is 22.0 Å². The van der Waals surface area contributed by atoms with Gasteiger partial charge in [-0.3, -0.25) is 0 Å². The van der Waals surface area contributed by atoms with Crippen molar-refractivity contribution in [3.8, 4) is 0 Å². The number of aryl methyl sites for hydroxylation is 1. The smallest absolute Gasteiger partial charge is 0.0460 e. The summed E-state index contributed by atoms with van der Waals surface area (Å²) in [5.74, 6) is 0. The molecule has 1 aromatic heterocycles. The molecule has 2 heteroatoms. The number of benzene rings is 1. The minimum atomic E-state index is 0.406. The van der Waals surface area contributed by atoms with Crippen molar-refractivity contribution in [2.45, 2.75) is 19.9 Å². The Morgan fingerprint density at radius 2 is 2.14 bits per heavy atom. The van der Waals surface area contributed by atoms with Gasteiger partial charge in [-0.15, -0.1) is 0 Å². The molecule has 1 unspecified atom stereocenters. The van der Waals surface area contributed by atoms with E-state index >= 15 is 0 Å². The average molecular weight is 188 g/mol. The first-order chi connectivity index (χ1) is 6.72. The topological polar surface area (TPSA) is 27.8 Å². The Labute approximate surface area is 84.3 Å². The van der Waals surface area contributed by atoms with Crippen molar-refractivity contribution in [3.63, 3.8) is 0 Å². The van der Waals surface area contributed by atoms with Gasteiger partial charge >= 0.3 is 0 Å². The predicted octanol–water partition coefficient (Wildman–Crippen LogP) is 2.76. The molecule has 1 heterocycles. The molecule has 2 rings (SSSR count). The molecule has 1 aromatic carbocycles. The van der Waals surface area contributed by atoms with Crippen LogP contribution in [0.15, 0.2) is 24.4 Å². The van der Waals surface area contributed by atoms with E-state index in [4.69, 9.17) is 0 Å². The lowest BCUT2D eigenvalue weighted by Crippen LogP contribution is -2.11. The third-order valence-electron chi connectivity index (χ3n) is 2.85. The molecule has 0 bridgehead atoms. The van der Waals surface area contributed by atoms with Crippen molar-refractivity contribution in [1.82, 2.24) is 10.3 Å². The van der Waals surface area contributed by atoms with Gasteiger partial charge < -0.3 is 10.3 Å². The number of aromatic nitrogens is 1. The van der Waals surface area contributed by atoms with E-state index < -0.39 is 0 Å². The molecule has 0 radical (unpaired) electrons.